The van der Waals surface area contributed by atoms with E-state index in [1.165, 1.54) is 5.69 Å². The molecule has 0 amide bonds. The second-order valence-electron chi connectivity index (χ2n) is 5.96. The first kappa shape index (κ1) is 16.1. The molecule has 1 unspecified atom stereocenters. The Kier molecular flexibility index (Phi) is 5.12. The van der Waals surface area contributed by atoms with Gasteiger partial charge >= 0.3 is 5.97 Å². The third-order valence-corrected chi connectivity index (χ3v) is 4.69. The highest BCUT2D eigenvalue weighted by Gasteiger charge is 2.34. The van der Waals surface area contributed by atoms with Gasteiger partial charge in [-0.25, -0.2) is 0 Å². The second kappa shape index (κ2) is 6.67. The van der Waals surface area contributed by atoms with E-state index in [1.54, 1.807) is 0 Å². The first-order valence-corrected chi connectivity index (χ1v) is 7.79. The highest BCUT2D eigenvalue weighted by atomic mass is 35.5. The van der Waals surface area contributed by atoms with E-state index in [2.05, 4.69) is 9.80 Å². The average Bonchev–Trinajstić information content (AvgIpc) is 2.48. The van der Waals surface area contributed by atoms with Crippen LogP contribution < -0.4 is 4.90 Å². The van der Waals surface area contributed by atoms with E-state index in [1.807, 2.05) is 38.1 Å². The summed E-state index contributed by atoms with van der Waals surface area (Å²) >= 11 is 5.91. The molecule has 0 bridgehead atoms. The van der Waals surface area contributed by atoms with Crippen molar-refractivity contribution in [3.05, 3.63) is 29.3 Å². The van der Waals surface area contributed by atoms with Gasteiger partial charge in [-0.15, -0.1) is 0 Å². The molecular formula is C16H23ClN2O2. The molecule has 0 aromatic heterocycles. The Balaban J connectivity index is 1.91. The summed E-state index contributed by atoms with van der Waals surface area (Å²) in [5, 5.41) is 10.1. The summed E-state index contributed by atoms with van der Waals surface area (Å²) in [6, 6.07) is 7.88. The maximum atomic E-state index is 11.4. The lowest BCUT2D eigenvalue weighted by atomic mass is 9.87. The number of anilines is 1. The van der Waals surface area contributed by atoms with E-state index in [0.29, 0.717) is 13.0 Å². The van der Waals surface area contributed by atoms with E-state index in [4.69, 9.17) is 11.6 Å². The van der Waals surface area contributed by atoms with E-state index in [0.717, 1.165) is 31.2 Å². The lowest BCUT2D eigenvalue weighted by Crippen LogP contribution is -2.50. The van der Waals surface area contributed by atoms with Crippen LogP contribution in [0.5, 0.6) is 0 Å². The SMILES string of the molecule is CCC(C)(CN1CCN(c2ccc(Cl)cc2)CC1)C(=O)O. The molecule has 1 saturated heterocycles. The van der Waals surface area contributed by atoms with Gasteiger partial charge in [0.05, 0.1) is 5.41 Å². The van der Waals surface area contributed by atoms with Crippen LogP contribution in [0.25, 0.3) is 0 Å². The second-order valence-corrected chi connectivity index (χ2v) is 6.40. The Morgan fingerprint density at radius 1 is 1.24 bits per heavy atom. The summed E-state index contributed by atoms with van der Waals surface area (Å²) in [5.41, 5.74) is 0.526. The number of hydrogen-bond donors (Lipinski definition) is 1. The van der Waals surface area contributed by atoms with Crippen molar-refractivity contribution in [1.29, 1.82) is 0 Å². The van der Waals surface area contributed by atoms with Gasteiger partial charge in [-0.3, -0.25) is 9.69 Å². The molecule has 116 valence electrons. The number of carbonyl (C=O) groups is 1. The summed E-state index contributed by atoms with van der Waals surface area (Å²) in [6.07, 6.45) is 0.653. The molecule has 21 heavy (non-hydrogen) atoms. The number of benzene rings is 1. The Morgan fingerprint density at radius 3 is 2.29 bits per heavy atom. The van der Waals surface area contributed by atoms with Gasteiger partial charge in [-0.2, -0.15) is 0 Å². The normalized spacial score (nSPS) is 19.3. The fourth-order valence-electron chi connectivity index (χ4n) is 2.64. The molecule has 1 atom stereocenters. The standard InChI is InChI=1S/C16H23ClN2O2/c1-3-16(2,15(20)21)12-18-8-10-19(11-9-18)14-6-4-13(17)5-7-14/h4-7H,3,8-12H2,1-2H3,(H,20,21). The fraction of sp³-hybridized carbons (Fsp3) is 0.562. The quantitative estimate of drug-likeness (QED) is 0.908. The summed E-state index contributed by atoms with van der Waals surface area (Å²) < 4.78 is 0. The number of carboxylic acid groups (broad SMARTS) is 1. The topological polar surface area (TPSA) is 43.8 Å². The maximum Gasteiger partial charge on any atom is 0.310 e. The number of rotatable bonds is 5. The van der Waals surface area contributed by atoms with Crippen LogP contribution in [0.15, 0.2) is 24.3 Å². The van der Waals surface area contributed by atoms with Crippen molar-refractivity contribution in [2.45, 2.75) is 20.3 Å². The third-order valence-electron chi connectivity index (χ3n) is 4.43. The number of aliphatic carboxylic acids is 1. The van der Waals surface area contributed by atoms with Gasteiger partial charge in [-0.05, 0) is 37.6 Å². The Morgan fingerprint density at radius 2 is 1.81 bits per heavy atom. The Labute approximate surface area is 131 Å². The summed E-state index contributed by atoms with van der Waals surface area (Å²) in [4.78, 5) is 16.0. The fourth-order valence-corrected chi connectivity index (χ4v) is 2.77. The predicted molar refractivity (Wildman–Crippen MR) is 86.1 cm³/mol. The minimum atomic E-state index is -0.704. The molecule has 0 radical (unpaired) electrons. The number of halogens is 1. The van der Waals surface area contributed by atoms with Crippen LogP contribution in [-0.2, 0) is 4.79 Å². The molecule has 0 saturated carbocycles. The van der Waals surface area contributed by atoms with Gasteiger partial charge in [-0.1, -0.05) is 18.5 Å². The smallest absolute Gasteiger partial charge is 0.310 e. The average molecular weight is 311 g/mol. The van der Waals surface area contributed by atoms with Crippen molar-refractivity contribution in [2.75, 3.05) is 37.6 Å². The predicted octanol–water partition coefficient (Wildman–Crippen LogP) is 2.96. The van der Waals surface area contributed by atoms with Crippen molar-refractivity contribution in [3.63, 3.8) is 0 Å². The number of nitrogens with zero attached hydrogens (tertiary/aromatic N) is 2. The van der Waals surface area contributed by atoms with E-state index < -0.39 is 11.4 Å². The van der Waals surface area contributed by atoms with E-state index in [-0.39, 0.29) is 0 Å². The van der Waals surface area contributed by atoms with Crippen molar-refractivity contribution >= 4 is 23.3 Å². The lowest BCUT2D eigenvalue weighted by molar-refractivity contribution is -0.149. The Bertz CT molecular complexity index is 484. The molecule has 1 aromatic rings. The number of hydrogen-bond acceptors (Lipinski definition) is 3. The van der Waals surface area contributed by atoms with Gasteiger partial charge in [0.1, 0.15) is 0 Å². The van der Waals surface area contributed by atoms with Crippen LogP contribution in [0.4, 0.5) is 5.69 Å². The number of piperazine rings is 1. The van der Waals surface area contributed by atoms with Gasteiger partial charge in [0.2, 0.25) is 0 Å². The summed E-state index contributed by atoms with van der Waals surface area (Å²) in [7, 11) is 0. The Hall–Kier alpha value is -1.26. The van der Waals surface area contributed by atoms with Crippen molar-refractivity contribution in [2.24, 2.45) is 5.41 Å². The molecule has 2 rings (SSSR count). The van der Waals surface area contributed by atoms with Gasteiger partial charge in [0.25, 0.3) is 0 Å². The largest absolute Gasteiger partial charge is 0.481 e. The molecule has 5 heteroatoms. The molecule has 1 aliphatic rings. The zero-order valence-corrected chi connectivity index (χ0v) is 13.4. The highest BCUT2D eigenvalue weighted by Crippen LogP contribution is 2.25. The molecule has 1 aliphatic heterocycles. The van der Waals surface area contributed by atoms with Crippen LogP contribution in [-0.4, -0.2) is 48.7 Å². The molecule has 0 aliphatic carbocycles. The molecule has 0 spiro atoms. The lowest BCUT2D eigenvalue weighted by Gasteiger charge is -2.39. The highest BCUT2D eigenvalue weighted by molar-refractivity contribution is 6.30. The minimum absolute atomic E-state index is 0.618. The molecule has 1 N–H and O–H groups in total. The molecule has 4 nitrogen and oxygen atoms in total. The van der Waals surface area contributed by atoms with Gasteiger partial charge < -0.3 is 10.0 Å². The van der Waals surface area contributed by atoms with Gasteiger partial charge in [0, 0.05) is 43.4 Å². The van der Waals surface area contributed by atoms with Crippen molar-refractivity contribution < 1.29 is 9.90 Å². The van der Waals surface area contributed by atoms with Crippen molar-refractivity contribution in [3.8, 4) is 0 Å². The first-order valence-electron chi connectivity index (χ1n) is 7.41. The molecular weight excluding hydrogens is 288 g/mol. The monoisotopic (exact) mass is 310 g/mol. The summed E-state index contributed by atoms with van der Waals surface area (Å²) in [6.45, 7) is 8.02. The first-order chi connectivity index (χ1) is 9.94. The maximum absolute atomic E-state index is 11.4. The van der Waals surface area contributed by atoms with Crippen LogP contribution >= 0.6 is 11.6 Å². The zero-order chi connectivity index (χ0) is 15.5. The van der Waals surface area contributed by atoms with Crippen LogP contribution in [0.3, 0.4) is 0 Å². The van der Waals surface area contributed by atoms with Gasteiger partial charge in [0.15, 0.2) is 0 Å². The summed E-state index contributed by atoms with van der Waals surface area (Å²) in [5.74, 6) is -0.704. The van der Waals surface area contributed by atoms with Crippen LogP contribution in [0, 0.1) is 5.41 Å². The zero-order valence-electron chi connectivity index (χ0n) is 12.7. The molecule has 1 aromatic carbocycles. The minimum Gasteiger partial charge on any atom is -0.481 e. The van der Waals surface area contributed by atoms with Crippen molar-refractivity contribution in [1.82, 2.24) is 4.90 Å². The molecule has 1 fully saturated rings. The van der Waals surface area contributed by atoms with E-state index >= 15 is 0 Å². The van der Waals surface area contributed by atoms with Crippen LogP contribution in [0.1, 0.15) is 20.3 Å². The van der Waals surface area contributed by atoms with Crippen LogP contribution in [0.2, 0.25) is 5.02 Å². The van der Waals surface area contributed by atoms with E-state index in [9.17, 15) is 9.90 Å². The molecule has 1 heterocycles. The number of carboxylic acids is 1. The third kappa shape index (κ3) is 3.89.